The molecule has 0 heterocycles. The monoisotopic (exact) mass is 255 g/mol. The van der Waals surface area contributed by atoms with Gasteiger partial charge in [-0.15, -0.1) is 0 Å². The van der Waals surface area contributed by atoms with Crippen molar-refractivity contribution in [3.63, 3.8) is 0 Å². The topological polar surface area (TPSA) is 52.3 Å². The molecule has 18 heavy (non-hydrogen) atoms. The van der Waals surface area contributed by atoms with Crippen molar-refractivity contribution in [1.82, 2.24) is 0 Å². The highest BCUT2D eigenvalue weighted by Crippen LogP contribution is 2.31. The molecule has 0 aromatic carbocycles. The van der Waals surface area contributed by atoms with Gasteiger partial charge in [0.15, 0.2) is 0 Å². The molecule has 0 radical (unpaired) electrons. The van der Waals surface area contributed by atoms with Crippen LogP contribution < -0.4 is 5.73 Å². The molecule has 1 aliphatic carbocycles. The molecule has 106 valence electrons. The first-order valence-electron chi connectivity index (χ1n) is 7.57. The van der Waals surface area contributed by atoms with Crippen molar-refractivity contribution in [2.45, 2.75) is 71.3 Å². The van der Waals surface area contributed by atoms with Crippen LogP contribution in [-0.4, -0.2) is 18.6 Å². The van der Waals surface area contributed by atoms with Crippen LogP contribution in [0.3, 0.4) is 0 Å². The maximum absolute atomic E-state index is 11.9. The number of carbonyl (C=O) groups excluding carboxylic acids is 1. The number of rotatable bonds is 7. The number of unbranched alkanes of at least 4 members (excludes halogenated alkanes) is 3. The summed E-state index contributed by atoms with van der Waals surface area (Å²) in [7, 11) is 0. The first-order valence-corrected chi connectivity index (χ1v) is 7.57. The fourth-order valence-corrected chi connectivity index (χ4v) is 2.74. The molecule has 0 saturated heterocycles. The number of carbonyl (C=O) groups is 1. The Morgan fingerprint density at radius 1 is 1.33 bits per heavy atom. The average Bonchev–Trinajstić information content (AvgIpc) is 2.38. The van der Waals surface area contributed by atoms with E-state index in [9.17, 15) is 4.79 Å². The molecule has 1 rings (SSSR count). The van der Waals surface area contributed by atoms with Crippen LogP contribution in [0.5, 0.6) is 0 Å². The highest BCUT2D eigenvalue weighted by Gasteiger charge is 2.29. The lowest BCUT2D eigenvalue weighted by Crippen LogP contribution is -2.34. The van der Waals surface area contributed by atoms with Crippen LogP contribution in [0, 0.1) is 11.8 Å². The van der Waals surface area contributed by atoms with Crippen LogP contribution in [-0.2, 0) is 9.53 Å². The SMILES string of the molecule is CCCCCCOC(=O)C1CCCC(C(C)N)C1. The van der Waals surface area contributed by atoms with Gasteiger partial charge in [-0.3, -0.25) is 4.79 Å². The summed E-state index contributed by atoms with van der Waals surface area (Å²) in [4.78, 5) is 11.9. The molecule has 2 N–H and O–H groups in total. The van der Waals surface area contributed by atoms with Gasteiger partial charge in [-0.1, -0.05) is 32.6 Å². The largest absolute Gasteiger partial charge is 0.465 e. The van der Waals surface area contributed by atoms with Crippen LogP contribution >= 0.6 is 0 Å². The molecule has 0 aliphatic heterocycles. The van der Waals surface area contributed by atoms with E-state index < -0.39 is 0 Å². The van der Waals surface area contributed by atoms with E-state index in [-0.39, 0.29) is 17.9 Å². The Labute approximate surface area is 111 Å². The van der Waals surface area contributed by atoms with Crippen LogP contribution in [0.2, 0.25) is 0 Å². The molecule has 0 spiro atoms. The van der Waals surface area contributed by atoms with Gasteiger partial charge in [0.1, 0.15) is 0 Å². The third kappa shape index (κ3) is 5.38. The summed E-state index contributed by atoms with van der Waals surface area (Å²) in [5, 5.41) is 0. The van der Waals surface area contributed by atoms with Crippen molar-refractivity contribution in [1.29, 1.82) is 0 Å². The average molecular weight is 255 g/mol. The highest BCUT2D eigenvalue weighted by atomic mass is 16.5. The van der Waals surface area contributed by atoms with Crippen LogP contribution in [0.15, 0.2) is 0 Å². The Kier molecular flexibility index (Phi) is 7.33. The zero-order valence-electron chi connectivity index (χ0n) is 12.0. The Balaban J connectivity index is 2.20. The van der Waals surface area contributed by atoms with E-state index >= 15 is 0 Å². The van der Waals surface area contributed by atoms with E-state index in [1.54, 1.807) is 0 Å². The van der Waals surface area contributed by atoms with Crippen molar-refractivity contribution in [3.05, 3.63) is 0 Å². The Morgan fingerprint density at radius 2 is 2.11 bits per heavy atom. The van der Waals surface area contributed by atoms with Crippen LogP contribution in [0.4, 0.5) is 0 Å². The molecule has 1 saturated carbocycles. The summed E-state index contributed by atoms with van der Waals surface area (Å²) < 4.78 is 5.38. The second-order valence-corrected chi connectivity index (χ2v) is 5.71. The second-order valence-electron chi connectivity index (χ2n) is 5.71. The van der Waals surface area contributed by atoms with Crippen molar-refractivity contribution in [2.24, 2.45) is 17.6 Å². The van der Waals surface area contributed by atoms with Gasteiger partial charge in [0, 0.05) is 6.04 Å². The normalized spacial score (nSPS) is 25.7. The molecule has 1 fully saturated rings. The van der Waals surface area contributed by atoms with E-state index in [0.717, 1.165) is 38.5 Å². The van der Waals surface area contributed by atoms with Gasteiger partial charge in [0.2, 0.25) is 0 Å². The fourth-order valence-electron chi connectivity index (χ4n) is 2.74. The number of nitrogens with two attached hydrogens (primary N) is 1. The second kappa shape index (κ2) is 8.52. The quantitative estimate of drug-likeness (QED) is 0.561. The minimum Gasteiger partial charge on any atom is -0.465 e. The first-order chi connectivity index (χ1) is 8.65. The van der Waals surface area contributed by atoms with Gasteiger partial charge in [0.25, 0.3) is 0 Å². The van der Waals surface area contributed by atoms with Gasteiger partial charge in [0.05, 0.1) is 12.5 Å². The van der Waals surface area contributed by atoms with Crippen LogP contribution in [0.1, 0.15) is 65.2 Å². The van der Waals surface area contributed by atoms with E-state index in [4.69, 9.17) is 10.5 Å². The van der Waals surface area contributed by atoms with Gasteiger partial charge in [-0.25, -0.2) is 0 Å². The number of esters is 1. The molecular weight excluding hydrogens is 226 g/mol. The summed E-state index contributed by atoms with van der Waals surface area (Å²) in [6.45, 7) is 4.82. The van der Waals surface area contributed by atoms with E-state index in [2.05, 4.69) is 6.92 Å². The number of hydrogen-bond donors (Lipinski definition) is 1. The van der Waals surface area contributed by atoms with Gasteiger partial charge < -0.3 is 10.5 Å². The minimum atomic E-state index is 0.0110. The third-order valence-electron chi connectivity index (χ3n) is 4.03. The number of hydrogen-bond acceptors (Lipinski definition) is 3. The van der Waals surface area contributed by atoms with Gasteiger partial charge in [-0.05, 0) is 38.5 Å². The molecule has 0 aromatic rings. The molecule has 3 atom stereocenters. The lowest BCUT2D eigenvalue weighted by atomic mass is 9.78. The zero-order chi connectivity index (χ0) is 13.4. The van der Waals surface area contributed by atoms with Crippen molar-refractivity contribution >= 4 is 5.97 Å². The molecule has 0 bridgehead atoms. The van der Waals surface area contributed by atoms with E-state index in [1.165, 1.54) is 12.8 Å². The van der Waals surface area contributed by atoms with Crippen molar-refractivity contribution in [2.75, 3.05) is 6.61 Å². The highest BCUT2D eigenvalue weighted by molar-refractivity contribution is 5.72. The van der Waals surface area contributed by atoms with Gasteiger partial charge in [-0.2, -0.15) is 0 Å². The standard InChI is InChI=1S/C15H29NO2/c1-3-4-5-6-10-18-15(17)14-9-7-8-13(11-14)12(2)16/h12-14H,3-11,16H2,1-2H3. The molecular formula is C15H29NO2. The molecule has 3 heteroatoms. The molecule has 0 aromatic heterocycles. The maximum atomic E-state index is 11.9. The lowest BCUT2D eigenvalue weighted by Gasteiger charge is -2.30. The van der Waals surface area contributed by atoms with Gasteiger partial charge >= 0.3 is 5.97 Å². The lowest BCUT2D eigenvalue weighted by molar-refractivity contribution is -0.150. The summed E-state index contributed by atoms with van der Waals surface area (Å²) in [5.74, 6) is 0.606. The summed E-state index contributed by atoms with van der Waals surface area (Å²) in [6.07, 6.45) is 8.79. The predicted molar refractivity (Wildman–Crippen MR) is 74.2 cm³/mol. The molecule has 0 amide bonds. The summed E-state index contributed by atoms with van der Waals surface area (Å²) >= 11 is 0. The summed E-state index contributed by atoms with van der Waals surface area (Å²) in [6, 6.07) is 0.199. The Morgan fingerprint density at radius 3 is 2.78 bits per heavy atom. The number of ether oxygens (including phenoxy) is 1. The van der Waals surface area contributed by atoms with Crippen LogP contribution in [0.25, 0.3) is 0 Å². The molecule has 1 aliphatic rings. The Hall–Kier alpha value is -0.570. The predicted octanol–water partition coefficient (Wildman–Crippen LogP) is 3.26. The van der Waals surface area contributed by atoms with E-state index in [0.29, 0.717) is 12.5 Å². The summed E-state index contributed by atoms with van der Waals surface area (Å²) in [5.41, 5.74) is 5.93. The van der Waals surface area contributed by atoms with Crippen molar-refractivity contribution < 1.29 is 9.53 Å². The molecule has 3 unspecified atom stereocenters. The fraction of sp³-hybridized carbons (Fsp3) is 0.933. The smallest absolute Gasteiger partial charge is 0.308 e. The van der Waals surface area contributed by atoms with E-state index in [1.807, 2.05) is 6.92 Å². The minimum absolute atomic E-state index is 0.0110. The maximum Gasteiger partial charge on any atom is 0.308 e. The molecule has 3 nitrogen and oxygen atoms in total. The Bertz CT molecular complexity index is 241. The van der Waals surface area contributed by atoms with Crippen molar-refractivity contribution in [3.8, 4) is 0 Å². The zero-order valence-corrected chi connectivity index (χ0v) is 12.0. The third-order valence-corrected chi connectivity index (χ3v) is 4.03. The first kappa shape index (κ1) is 15.5.